The van der Waals surface area contributed by atoms with Gasteiger partial charge in [-0.15, -0.1) is 0 Å². The first-order valence-electron chi connectivity index (χ1n) is 44.3. The van der Waals surface area contributed by atoms with Crippen molar-refractivity contribution in [2.75, 3.05) is 41.0 Å². The maximum atomic E-state index is 13.8. The number of likely N-dealkylation sites (tertiary alicyclic amines) is 3. The standard InChI is InChI=1S/C49H56ClN9O7.C33H38B2ClNO5.C14H21BrN4O3/c1-27(2)41(56-48(62)64-5)46(60)58-20-10-14-38(58)43-51-25-36(53-43)30-17-19-34(50)32(22-30)23-35-33-18-16-31(24-40(33)66-45(55-35)29-12-8-7-9-13-29)37-26-52-44(54-37)39-15-11-21-59(39)47(61)42(28(3)4)57-49(63)65-6;1-30(2)31(3,4)40-34(39-30)23-15-17-26(36)22(18-23)19-27-25-16-14-24(35-41-32(5,6)33(7,8)42-35)20-28(25)38-29(37-27)21-12-10-9-11-13-21;1-8(2)11(18-14(21)22-3)13(20)19-6-4-5-9(19)12-16-7-10(15)17-12/h7-9,12-13,16-19,22,24-28,38-39,41-42,45H,10-11,14-15,20-21,23H2,1-6H3,(H,51,53)(H,52,54)(H,56,62)(H,57,63);9-18,20,29H,19H2,1-8H3;7-9,11H,4-6H2,1-3H3,(H,16,17)(H,18,21)/t38-,39-,41-,42-,45?;;9-,11-/m0.0/s1. The van der Waals surface area contributed by atoms with Gasteiger partial charge in [0.15, 0.2) is 0 Å². The van der Waals surface area contributed by atoms with Crippen LogP contribution in [-0.2, 0) is 60.1 Å². The van der Waals surface area contributed by atoms with E-state index in [9.17, 15) is 28.8 Å². The molecular weight excluding hydrogens is 1760 g/mol. The van der Waals surface area contributed by atoms with E-state index in [0.29, 0.717) is 59.9 Å². The van der Waals surface area contributed by atoms with Crippen molar-refractivity contribution in [2.45, 2.75) is 219 Å². The second-order valence-corrected chi connectivity index (χ2v) is 38.4. The lowest BCUT2D eigenvalue weighted by Gasteiger charge is -2.32. The Hall–Kier alpha value is -10.9. The molecule has 686 valence electrons. The molecule has 0 saturated carbocycles. The molecule has 29 nitrogen and oxygen atoms in total. The number of halogens is 3. The number of alkyl carbamates (subject to hydrolysis) is 3. The largest absolute Gasteiger partial charge is 0.494 e. The molecule has 8 atom stereocenters. The number of carbonyl (C=O) groups excluding carboxylic acids is 6. The van der Waals surface area contributed by atoms with Gasteiger partial charge in [0.25, 0.3) is 0 Å². The highest BCUT2D eigenvalue weighted by Gasteiger charge is 2.54. The van der Waals surface area contributed by atoms with Crippen LogP contribution >= 0.6 is 39.1 Å². The highest BCUT2D eigenvalue weighted by atomic mass is 79.9. The van der Waals surface area contributed by atoms with Crippen molar-refractivity contribution in [2.24, 2.45) is 27.7 Å². The molecule has 7 aliphatic heterocycles. The summed E-state index contributed by atoms with van der Waals surface area (Å²) in [6.45, 7) is 29.6. The van der Waals surface area contributed by atoms with Crippen LogP contribution in [0.1, 0.15) is 217 Å². The summed E-state index contributed by atoms with van der Waals surface area (Å²) in [5.74, 6) is 2.72. The predicted molar refractivity (Wildman–Crippen MR) is 502 cm³/mol. The Morgan fingerprint density at radius 3 is 1.20 bits per heavy atom. The average molecular weight is 1880 g/mol. The van der Waals surface area contributed by atoms with E-state index in [1.54, 1.807) is 33.3 Å². The topological polar surface area (TPSA) is 342 Å². The van der Waals surface area contributed by atoms with E-state index in [1.165, 1.54) is 21.3 Å². The molecular formula is C96H115B2BrCl2N14O15. The number of rotatable bonds is 22. The Kier molecular flexibility index (Phi) is 29.4. The summed E-state index contributed by atoms with van der Waals surface area (Å²) in [4.78, 5) is 116. The van der Waals surface area contributed by atoms with Crippen molar-refractivity contribution >= 4 is 112 Å². The molecule has 5 saturated heterocycles. The van der Waals surface area contributed by atoms with Gasteiger partial charge in [-0.05, 0) is 198 Å². The number of carbonyl (C=O) groups is 6. The Morgan fingerprint density at radius 2 is 0.808 bits per heavy atom. The fourth-order valence-electron chi connectivity index (χ4n) is 17.0. The van der Waals surface area contributed by atoms with Crippen molar-refractivity contribution in [3.63, 3.8) is 0 Å². The zero-order valence-corrected chi connectivity index (χ0v) is 79.7. The molecule has 3 aromatic heterocycles. The number of H-pyrrole nitrogens is 3. The van der Waals surface area contributed by atoms with Crippen molar-refractivity contribution in [3.8, 4) is 34.0 Å². The number of aliphatic imine (C=N–C) groups is 2. The Bertz CT molecular complexity index is 5640. The zero-order chi connectivity index (χ0) is 93.0. The number of hydrogen-bond donors (Lipinski definition) is 6. The fraction of sp³-hybridized carbons (Fsp3) is 0.448. The summed E-state index contributed by atoms with van der Waals surface area (Å²) in [5.41, 5.74) is 10.4. The summed E-state index contributed by atoms with van der Waals surface area (Å²) >= 11 is 17.1. The number of benzene rings is 6. The number of amides is 6. The maximum Gasteiger partial charge on any atom is 0.494 e. The van der Waals surface area contributed by atoms with Gasteiger partial charge in [-0.25, -0.2) is 39.3 Å². The van der Waals surface area contributed by atoms with E-state index in [-0.39, 0.29) is 53.6 Å². The summed E-state index contributed by atoms with van der Waals surface area (Å²) in [7, 11) is 2.88. The first-order valence-corrected chi connectivity index (χ1v) is 45.9. The molecule has 16 rings (SSSR count). The van der Waals surface area contributed by atoms with Crippen LogP contribution in [0.2, 0.25) is 10.0 Å². The van der Waals surface area contributed by atoms with Gasteiger partial charge in [-0.3, -0.25) is 14.4 Å². The lowest BCUT2D eigenvalue weighted by atomic mass is 9.77. The minimum atomic E-state index is -0.733. The van der Waals surface area contributed by atoms with E-state index < -0.39 is 85.5 Å². The Morgan fingerprint density at radius 1 is 0.462 bits per heavy atom. The van der Waals surface area contributed by atoms with Crippen LogP contribution in [0.4, 0.5) is 14.4 Å². The molecule has 10 heterocycles. The van der Waals surface area contributed by atoms with Gasteiger partial charge in [0.1, 0.15) is 51.7 Å². The lowest BCUT2D eigenvalue weighted by molar-refractivity contribution is -0.136. The zero-order valence-electron chi connectivity index (χ0n) is 76.6. The second kappa shape index (κ2) is 40.1. The number of ether oxygens (including phenoxy) is 5. The summed E-state index contributed by atoms with van der Waals surface area (Å²) < 4.78 is 53.4. The van der Waals surface area contributed by atoms with Gasteiger partial charge in [-0.1, -0.05) is 156 Å². The van der Waals surface area contributed by atoms with E-state index >= 15 is 0 Å². The maximum absolute atomic E-state index is 13.8. The number of imidazole rings is 3. The molecule has 0 radical (unpaired) electrons. The minimum Gasteiger partial charge on any atom is -0.464 e. The molecule has 7 aliphatic rings. The van der Waals surface area contributed by atoms with Crippen LogP contribution in [0, 0.1) is 17.8 Å². The van der Waals surface area contributed by atoms with Crippen molar-refractivity contribution in [1.82, 2.24) is 60.6 Å². The van der Waals surface area contributed by atoms with Gasteiger partial charge >= 0.3 is 32.5 Å². The molecule has 0 bridgehead atoms. The fourth-order valence-corrected chi connectivity index (χ4v) is 17.7. The molecule has 2 unspecified atom stereocenters. The summed E-state index contributed by atoms with van der Waals surface area (Å²) in [6, 6.07) is 41.0. The van der Waals surface area contributed by atoms with Gasteiger partial charge in [0, 0.05) is 70.3 Å². The second-order valence-electron chi connectivity index (χ2n) is 36.7. The number of nitrogens with zero attached hydrogens (tertiary/aromatic N) is 8. The van der Waals surface area contributed by atoms with Gasteiger partial charge in [-0.2, -0.15) is 0 Å². The molecule has 130 heavy (non-hydrogen) atoms. The van der Waals surface area contributed by atoms with Crippen LogP contribution < -0.4 is 36.3 Å². The van der Waals surface area contributed by atoms with Crippen molar-refractivity contribution in [1.29, 1.82) is 0 Å². The van der Waals surface area contributed by atoms with Crippen LogP contribution in [-0.4, -0.2) is 188 Å². The third kappa shape index (κ3) is 21.0. The number of aromatic amines is 3. The molecule has 34 heteroatoms. The molecule has 6 N–H and O–H groups in total. The number of aromatic nitrogens is 6. The van der Waals surface area contributed by atoms with Gasteiger partial charge in [0.05, 0.1) is 103 Å². The molecule has 9 aromatic rings. The summed E-state index contributed by atoms with van der Waals surface area (Å²) in [6.07, 6.45) is 8.01. The van der Waals surface area contributed by atoms with Gasteiger partial charge in [0.2, 0.25) is 30.2 Å². The quantitative estimate of drug-likeness (QED) is 0.0271. The predicted octanol–water partition coefficient (Wildman–Crippen LogP) is 16.6. The molecule has 5 fully saturated rings. The van der Waals surface area contributed by atoms with Crippen LogP contribution in [0.3, 0.4) is 0 Å². The Labute approximate surface area is 778 Å². The first-order chi connectivity index (χ1) is 61.9. The highest BCUT2D eigenvalue weighted by Crippen LogP contribution is 2.44. The number of hydrogen-bond acceptors (Lipinski definition) is 20. The average Bonchev–Trinajstić information content (AvgIpc) is 1.41. The smallest absolute Gasteiger partial charge is 0.464 e. The molecule has 6 amide bonds. The Balaban J connectivity index is 0.000000180. The van der Waals surface area contributed by atoms with E-state index in [1.807, 2.05) is 169 Å². The summed E-state index contributed by atoms with van der Waals surface area (Å²) in [5, 5.41) is 9.28. The third-order valence-electron chi connectivity index (χ3n) is 25.8. The number of fused-ring (bicyclic) bond motifs is 2. The monoisotopic (exact) mass is 1870 g/mol. The SMILES string of the molecule is CC1(C)OB(c2ccc(Cl)c(CC3=NC(c4ccccc4)Oc4cc(B5OC(C)(C)C(C)(C)O5)ccc43)c2)OC1(C)C.COC(=O)N[C@H](C(=O)N1CCC[C@H]1c1ncc(-c2ccc(Cl)c(CC3=NC(c4ccccc4)Oc4cc(-c5cnc([C@@H]6CCCN6C(=O)[C@@H](NC(=O)OC)C(C)C)[nH]5)ccc43)c2)[nH]1)C(C)C.COC(=O)N[C@H](C(=O)N1CCC[C@H]1c1ncc(Br)[nH]1)C(C)C. The minimum absolute atomic E-state index is 0.0313. The van der Waals surface area contributed by atoms with Crippen LogP contribution in [0.25, 0.3) is 22.5 Å². The highest BCUT2D eigenvalue weighted by molar-refractivity contribution is 9.10. The molecule has 0 spiro atoms. The van der Waals surface area contributed by atoms with Crippen molar-refractivity contribution < 1.29 is 71.1 Å². The van der Waals surface area contributed by atoms with E-state index in [4.69, 9.17) is 80.7 Å². The first kappa shape index (κ1) is 95.2. The van der Waals surface area contributed by atoms with Crippen LogP contribution in [0.5, 0.6) is 11.5 Å². The number of methoxy groups -OCH3 is 3. The third-order valence-corrected chi connectivity index (χ3v) is 26.9. The van der Waals surface area contributed by atoms with E-state index in [2.05, 4.69) is 118 Å². The normalized spacial score (nSPS) is 20.4. The molecule has 0 aliphatic carbocycles. The van der Waals surface area contributed by atoms with Crippen LogP contribution in [0.15, 0.2) is 167 Å². The number of nitrogens with one attached hydrogen (secondary N) is 6. The molecule has 6 aromatic carbocycles. The van der Waals surface area contributed by atoms with Crippen molar-refractivity contribution in [3.05, 3.63) is 218 Å². The van der Waals surface area contributed by atoms with E-state index in [0.717, 1.165) is 133 Å². The van der Waals surface area contributed by atoms with Gasteiger partial charge < -0.3 is 87.9 Å². The lowest BCUT2D eigenvalue weighted by Crippen LogP contribution is -2.51.